The fraction of sp³-hybridized carbons (Fsp3) is 0.450. The average Bonchev–Trinajstić information content (AvgIpc) is 2.87. The third kappa shape index (κ3) is 10.9. The molecule has 0 bridgehead atoms. The molecule has 2 rings (SSSR count). The van der Waals surface area contributed by atoms with Gasteiger partial charge in [-0.25, -0.2) is 0 Å². The third-order valence-corrected chi connectivity index (χ3v) is 8.64. The molecule has 1 saturated carbocycles. The van der Waals surface area contributed by atoms with Crippen LogP contribution in [0, 0.1) is 10.8 Å². The molecule has 43 heavy (non-hydrogen) atoms. The van der Waals surface area contributed by atoms with Crippen LogP contribution in [0.15, 0.2) is 131 Å². The number of allylic oxidation sites excluding steroid dienone is 18. The zero-order chi connectivity index (χ0) is 32.4. The van der Waals surface area contributed by atoms with Crippen molar-refractivity contribution in [2.45, 2.75) is 106 Å². The van der Waals surface area contributed by atoms with Gasteiger partial charge in [-0.1, -0.05) is 141 Å². The Morgan fingerprint density at radius 3 is 1.67 bits per heavy atom. The second kappa shape index (κ2) is 15.7. The summed E-state index contributed by atoms with van der Waals surface area (Å²) in [5.41, 5.74) is 6.17. The van der Waals surface area contributed by atoms with E-state index in [1.165, 1.54) is 16.7 Å². The van der Waals surface area contributed by atoms with E-state index in [4.69, 9.17) is 0 Å². The van der Waals surface area contributed by atoms with Crippen LogP contribution in [-0.2, 0) is 0 Å². The normalized spacial score (nSPS) is 28.1. The molecule has 3 heteroatoms. The molecule has 3 N–H and O–H groups in total. The molecule has 0 radical (unpaired) electrons. The van der Waals surface area contributed by atoms with Crippen LogP contribution >= 0.6 is 0 Å². The fourth-order valence-electron chi connectivity index (χ4n) is 6.07. The molecule has 3 nitrogen and oxygen atoms in total. The maximum atomic E-state index is 11.3. The van der Waals surface area contributed by atoms with E-state index in [9.17, 15) is 15.3 Å². The maximum Gasteiger partial charge on any atom is 0.109 e. The SMILES string of the molecule is C=C1C[C@@H](O)CC(C)(C)[C@]1(O)/C=C/C(C)=C/C=C/C(C)=C/C=C/C=C(C)/C=C/C=C(C)/C=C/C1=C(C)CC(O)CC1(C)C. The molecule has 0 amide bonds. The number of rotatable bonds is 10. The lowest BCUT2D eigenvalue weighted by Gasteiger charge is -2.47. The van der Waals surface area contributed by atoms with Crippen molar-refractivity contribution in [1.82, 2.24) is 0 Å². The van der Waals surface area contributed by atoms with Gasteiger partial charge in [0, 0.05) is 5.41 Å². The monoisotopic (exact) mass is 584 g/mol. The highest BCUT2D eigenvalue weighted by Crippen LogP contribution is 2.47. The van der Waals surface area contributed by atoms with Gasteiger partial charge < -0.3 is 15.3 Å². The first kappa shape index (κ1) is 36.2. The van der Waals surface area contributed by atoms with E-state index in [1.807, 2.05) is 57.2 Å². The molecule has 0 heterocycles. The highest BCUT2D eigenvalue weighted by molar-refractivity contribution is 5.38. The third-order valence-electron chi connectivity index (χ3n) is 8.64. The number of hydrogen-bond donors (Lipinski definition) is 3. The summed E-state index contributed by atoms with van der Waals surface area (Å²) >= 11 is 0. The molecule has 0 aliphatic heterocycles. The van der Waals surface area contributed by atoms with Crippen molar-refractivity contribution < 1.29 is 15.3 Å². The van der Waals surface area contributed by atoms with E-state index in [-0.39, 0.29) is 11.5 Å². The summed E-state index contributed by atoms with van der Waals surface area (Å²) in [5, 5.41) is 31.5. The number of hydrogen-bond acceptors (Lipinski definition) is 3. The molecule has 0 saturated heterocycles. The topological polar surface area (TPSA) is 60.7 Å². The quantitative estimate of drug-likeness (QED) is 0.177. The summed E-state index contributed by atoms with van der Waals surface area (Å²) in [7, 11) is 0. The zero-order valence-electron chi connectivity index (χ0n) is 28.1. The lowest BCUT2D eigenvalue weighted by Crippen LogP contribution is -2.50. The Hall–Kier alpha value is -2.98. The minimum Gasteiger partial charge on any atom is -0.393 e. The molecule has 0 aromatic rings. The van der Waals surface area contributed by atoms with Crippen molar-refractivity contribution in [2.75, 3.05) is 0 Å². The van der Waals surface area contributed by atoms with E-state index in [0.717, 1.165) is 29.6 Å². The van der Waals surface area contributed by atoms with Gasteiger partial charge in [-0.15, -0.1) is 0 Å². The van der Waals surface area contributed by atoms with Crippen LogP contribution in [-0.4, -0.2) is 33.1 Å². The molecule has 2 aliphatic rings. The van der Waals surface area contributed by atoms with Crippen molar-refractivity contribution in [3.05, 3.63) is 131 Å². The highest BCUT2D eigenvalue weighted by atomic mass is 16.3. The van der Waals surface area contributed by atoms with Gasteiger partial charge in [-0.2, -0.15) is 0 Å². The molecule has 1 fully saturated rings. The van der Waals surface area contributed by atoms with Crippen LogP contribution in [0.5, 0.6) is 0 Å². The van der Waals surface area contributed by atoms with Crippen LogP contribution in [0.2, 0.25) is 0 Å². The molecule has 3 atom stereocenters. The van der Waals surface area contributed by atoms with E-state index >= 15 is 0 Å². The Bertz CT molecular complexity index is 1310. The van der Waals surface area contributed by atoms with Gasteiger partial charge in [-0.3, -0.25) is 0 Å². The summed E-state index contributed by atoms with van der Waals surface area (Å²) in [6.07, 6.45) is 30.6. The second-order valence-electron chi connectivity index (χ2n) is 13.9. The highest BCUT2D eigenvalue weighted by Gasteiger charge is 2.48. The van der Waals surface area contributed by atoms with Crippen LogP contribution in [0.1, 0.15) is 88.0 Å². The van der Waals surface area contributed by atoms with Crippen molar-refractivity contribution in [3.63, 3.8) is 0 Å². The number of aliphatic hydroxyl groups excluding tert-OH is 2. The molecule has 1 unspecified atom stereocenters. The Kier molecular flexibility index (Phi) is 13.2. The molecular formula is C40H56O3. The first-order chi connectivity index (χ1) is 20.0. The van der Waals surface area contributed by atoms with Gasteiger partial charge in [0.1, 0.15) is 5.60 Å². The Morgan fingerprint density at radius 2 is 1.16 bits per heavy atom. The first-order valence-electron chi connectivity index (χ1n) is 15.5. The molecule has 234 valence electrons. The second-order valence-corrected chi connectivity index (χ2v) is 13.9. The summed E-state index contributed by atoms with van der Waals surface area (Å²) in [6.45, 7) is 22.8. The van der Waals surface area contributed by atoms with Crippen LogP contribution in [0.25, 0.3) is 0 Å². The summed E-state index contributed by atoms with van der Waals surface area (Å²) < 4.78 is 0. The van der Waals surface area contributed by atoms with Crippen molar-refractivity contribution in [2.24, 2.45) is 10.8 Å². The van der Waals surface area contributed by atoms with E-state index < -0.39 is 17.1 Å². The molecule has 0 spiro atoms. The predicted octanol–water partition coefficient (Wildman–Crippen LogP) is 9.52. The first-order valence-corrected chi connectivity index (χ1v) is 15.5. The molecule has 0 aromatic carbocycles. The van der Waals surface area contributed by atoms with E-state index in [1.54, 1.807) is 0 Å². The number of aliphatic hydroxyl groups is 3. The lowest BCUT2D eigenvalue weighted by molar-refractivity contribution is -0.0527. The Morgan fingerprint density at radius 1 is 0.698 bits per heavy atom. The van der Waals surface area contributed by atoms with Gasteiger partial charge in [0.15, 0.2) is 0 Å². The van der Waals surface area contributed by atoms with Crippen LogP contribution in [0.4, 0.5) is 0 Å². The Labute approximate surface area is 262 Å². The van der Waals surface area contributed by atoms with Gasteiger partial charge in [0.05, 0.1) is 12.2 Å². The van der Waals surface area contributed by atoms with Crippen molar-refractivity contribution in [1.29, 1.82) is 0 Å². The zero-order valence-corrected chi connectivity index (χ0v) is 28.1. The van der Waals surface area contributed by atoms with Gasteiger partial charge in [0.25, 0.3) is 0 Å². The maximum absolute atomic E-state index is 11.3. The predicted molar refractivity (Wildman–Crippen MR) is 186 cm³/mol. The van der Waals surface area contributed by atoms with Crippen LogP contribution in [0.3, 0.4) is 0 Å². The van der Waals surface area contributed by atoms with Gasteiger partial charge in [-0.05, 0) is 82.9 Å². The minimum absolute atomic E-state index is 0.00529. The molecule has 0 aromatic heterocycles. The van der Waals surface area contributed by atoms with E-state index in [2.05, 4.69) is 96.7 Å². The summed E-state index contributed by atoms with van der Waals surface area (Å²) in [6, 6.07) is 0. The standard InChI is InChI=1S/C40H56O3/c1-29(17-13-19-31(3)21-22-37-33(5)25-35(41)27-38(37,7)8)15-11-12-16-30(2)18-14-20-32(4)23-24-40(43)34(6)26-36(42)28-39(40,9)10/h11-24,35-36,41-43H,6,25-28H2,1-5,7-10H3/b12-11+,17-13+,18-14+,22-21+,24-23+,29-15+,30-16+,31-19+,32-20+/t35?,36-,40+/m1/s1. The van der Waals surface area contributed by atoms with E-state index in [0.29, 0.717) is 18.4 Å². The van der Waals surface area contributed by atoms with Gasteiger partial charge >= 0.3 is 0 Å². The molecule has 2 aliphatic carbocycles. The van der Waals surface area contributed by atoms with Crippen molar-refractivity contribution >= 4 is 0 Å². The largest absolute Gasteiger partial charge is 0.393 e. The lowest BCUT2D eigenvalue weighted by atomic mass is 9.62. The Balaban J connectivity index is 1.92. The van der Waals surface area contributed by atoms with Crippen molar-refractivity contribution in [3.8, 4) is 0 Å². The summed E-state index contributed by atoms with van der Waals surface area (Å²) in [4.78, 5) is 0. The smallest absolute Gasteiger partial charge is 0.109 e. The van der Waals surface area contributed by atoms with Crippen LogP contribution < -0.4 is 0 Å². The molecular weight excluding hydrogens is 528 g/mol. The average molecular weight is 585 g/mol. The fourth-order valence-corrected chi connectivity index (χ4v) is 6.07. The summed E-state index contributed by atoms with van der Waals surface area (Å²) in [5.74, 6) is 0. The van der Waals surface area contributed by atoms with Gasteiger partial charge in [0.2, 0.25) is 0 Å². The minimum atomic E-state index is -1.13.